The lowest BCUT2D eigenvalue weighted by Gasteiger charge is -2.28. The molecular weight excluding hydrogens is 330 g/mol. The molecule has 1 aromatic rings. The number of benzene rings is 1. The zero-order valence-electron chi connectivity index (χ0n) is 12.0. The van der Waals surface area contributed by atoms with Crippen molar-refractivity contribution in [2.45, 2.75) is 13.0 Å². The molecule has 0 spiro atoms. The van der Waals surface area contributed by atoms with Gasteiger partial charge in [0, 0.05) is 22.3 Å². The quantitative estimate of drug-likeness (QED) is 0.436. The molecule has 0 unspecified atom stereocenters. The lowest BCUT2D eigenvalue weighted by Crippen LogP contribution is -2.45. The number of allylic oxidation sites excluding steroid dienone is 1. The summed E-state index contributed by atoms with van der Waals surface area (Å²) in [5, 5.41) is 25.9. The van der Waals surface area contributed by atoms with Crippen LogP contribution in [0.15, 0.2) is 23.4 Å². The molecule has 0 saturated heterocycles. The Labute approximate surface area is 135 Å². The highest BCUT2D eigenvalue weighted by atomic mass is 35.5. The van der Waals surface area contributed by atoms with Gasteiger partial charge in [0.05, 0.1) is 23.6 Å². The summed E-state index contributed by atoms with van der Waals surface area (Å²) in [5.74, 6) is -1.46. The topological polar surface area (TPSA) is 131 Å². The van der Waals surface area contributed by atoms with Crippen molar-refractivity contribution >= 4 is 29.3 Å². The maximum atomic E-state index is 12.0. The Kier molecular flexibility index (Phi) is 4.41. The number of hydrogen-bond donors (Lipinski definition) is 3. The molecule has 1 aliphatic heterocycles. The summed E-state index contributed by atoms with van der Waals surface area (Å²) < 4.78 is 4.66. The molecule has 1 aromatic carbocycles. The van der Waals surface area contributed by atoms with Gasteiger partial charge in [-0.25, -0.2) is 9.59 Å². The van der Waals surface area contributed by atoms with Crippen LogP contribution in [0.3, 0.4) is 0 Å². The van der Waals surface area contributed by atoms with E-state index in [4.69, 9.17) is 11.6 Å². The van der Waals surface area contributed by atoms with Gasteiger partial charge in [0.15, 0.2) is 5.75 Å². The number of urea groups is 1. The third-order valence-electron chi connectivity index (χ3n) is 3.27. The van der Waals surface area contributed by atoms with E-state index < -0.39 is 34.4 Å². The van der Waals surface area contributed by atoms with E-state index in [1.807, 2.05) is 0 Å². The number of rotatable bonds is 3. The van der Waals surface area contributed by atoms with Crippen LogP contribution in [-0.2, 0) is 9.53 Å². The van der Waals surface area contributed by atoms with Crippen LogP contribution in [0.2, 0.25) is 5.02 Å². The first kappa shape index (κ1) is 16.6. The molecule has 1 heterocycles. The number of nitrogens with one attached hydrogen (secondary N) is 2. The molecule has 2 rings (SSSR count). The number of nitrogens with zero attached hydrogens (tertiary/aromatic N) is 1. The predicted molar refractivity (Wildman–Crippen MR) is 78.9 cm³/mol. The van der Waals surface area contributed by atoms with Crippen LogP contribution in [0, 0.1) is 10.1 Å². The molecule has 0 saturated carbocycles. The van der Waals surface area contributed by atoms with Gasteiger partial charge in [0.25, 0.3) is 0 Å². The number of halogens is 1. The van der Waals surface area contributed by atoms with Crippen LogP contribution in [0.5, 0.6) is 5.75 Å². The minimum atomic E-state index is -1.14. The van der Waals surface area contributed by atoms with Gasteiger partial charge in [-0.15, -0.1) is 0 Å². The second kappa shape index (κ2) is 6.13. The van der Waals surface area contributed by atoms with Crippen molar-refractivity contribution in [3.63, 3.8) is 0 Å². The van der Waals surface area contributed by atoms with Crippen LogP contribution in [0.1, 0.15) is 18.5 Å². The molecule has 0 aromatic heterocycles. The van der Waals surface area contributed by atoms with Crippen molar-refractivity contribution in [3.05, 3.63) is 44.1 Å². The van der Waals surface area contributed by atoms with E-state index in [2.05, 4.69) is 15.4 Å². The van der Waals surface area contributed by atoms with E-state index in [1.165, 1.54) is 13.0 Å². The third-order valence-corrected chi connectivity index (χ3v) is 3.48. The summed E-state index contributed by atoms with van der Waals surface area (Å²) in [4.78, 5) is 33.8. The minimum Gasteiger partial charge on any atom is -0.502 e. The Morgan fingerprint density at radius 3 is 2.70 bits per heavy atom. The van der Waals surface area contributed by atoms with Crippen molar-refractivity contribution < 1.29 is 24.4 Å². The van der Waals surface area contributed by atoms with Gasteiger partial charge in [-0.2, -0.15) is 0 Å². The Morgan fingerprint density at radius 1 is 1.48 bits per heavy atom. The van der Waals surface area contributed by atoms with Crippen LogP contribution in [0.25, 0.3) is 0 Å². The van der Waals surface area contributed by atoms with E-state index in [0.29, 0.717) is 0 Å². The second-order valence-corrected chi connectivity index (χ2v) is 5.12. The monoisotopic (exact) mass is 341 g/mol. The molecule has 2 amide bonds. The van der Waals surface area contributed by atoms with Crippen molar-refractivity contribution in [1.82, 2.24) is 10.6 Å². The first-order chi connectivity index (χ1) is 10.8. The number of methoxy groups -OCH3 is 1. The number of esters is 1. The summed E-state index contributed by atoms with van der Waals surface area (Å²) in [7, 11) is 1.15. The smallest absolute Gasteiger partial charge is 0.337 e. The second-order valence-electron chi connectivity index (χ2n) is 4.68. The molecule has 9 nitrogen and oxygen atoms in total. The standard InChI is InChI=1S/C13H12ClN3O6/c1-5-9(12(19)23-2)10(16-13(20)15-5)7-3-6(14)4-8(11(7)18)17(21)22/h3-4,10,18H,1-2H3,(H2,15,16,20)/t10-/m1/s1. The van der Waals surface area contributed by atoms with E-state index in [1.54, 1.807) is 0 Å². The number of aromatic hydroxyl groups is 1. The predicted octanol–water partition coefficient (Wildman–Crippen LogP) is 1.75. The zero-order chi connectivity index (χ0) is 17.3. The number of phenols is 1. The first-order valence-corrected chi connectivity index (χ1v) is 6.67. The van der Waals surface area contributed by atoms with Crippen molar-refractivity contribution in [2.24, 2.45) is 0 Å². The van der Waals surface area contributed by atoms with E-state index in [9.17, 15) is 24.8 Å². The molecule has 23 heavy (non-hydrogen) atoms. The number of phenolic OH excluding ortho intramolecular Hbond substituents is 1. The number of amides is 2. The Hall–Kier alpha value is -2.81. The Bertz CT molecular complexity index is 745. The Balaban J connectivity index is 2.67. The first-order valence-electron chi connectivity index (χ1n) is 6.29. The van der Waals surface area contributed by atoms with Gasteiger partial charge in [0.2, 0.25) is 0 Å². The van der Waals surface area contributed by atoms with Crippen molar-refractivity contribution in [3.8, 4) is 5.75 Å². The largest absolute Gasteiger partial charge is 0.502 e. The minimum absolute atomic E-state index is 0.000959. The van der Waals surface area contributed by atoms with Crippen LogP contribution < -0.4 is 10.6 Å². The third kappa shape index (κ3) is 3.04. The maximum absolute atomic E-state index is 12.0. The Morgan fingerprint density at radius 2 is 2.13 bits per heavy atom. The summed E-state index contributed by atoms with van der Waals surface area (Å²) in [6.07, 6.45) is 0. The van der Waals surface area contributed by atoms with E-state index in [-0.39, 0.29) is 21.9 Å². The number of nitro groups is 1. The number of carbonyl (C=O) groups is 2. The fraction of sp³-hybridized carbons (Fsp3) is 0.231. The lowest BCUT2D eigenvalue weighted by atomic mass is 9.94. The molecule has 3 N–H and O–H groups in total. The average Bonchev–Trinajstić information content (AvgIpc) is 2.47. The number of hydrogen-bond acceptors (Lipinski definition) is 6. The van der Waals surface area contributed by atoms with E-state index in [0.717, 1.165) is 13.2 Å². The molecule has 1 atom stereocenters. The van der Waals surface area contributed by atoms with Gasteiger partial charge >= 0.3 is 17.7 Å². The summed E-state index contributed by atoms with van der Waals surface area (Å²) >= 11 is 5.84. The number of carbonyl (C=O) groups excluding carboxylic acids is 2. The molecule has 0 fully saturated rings. The van der Waals surface area contributed by atoms with Crippen molar-refractivity contribution in [2.75, 3.05) is 7.11 Å². The molecular formula is C13H12ClN3O6. The van der Waals surface area contributed by atoms with Crippen LogP contribution >= 0.6 is 11.6 Å². The van der Waals surface area contributed by atoms with Gasteiger partial charge < -0.3 is 20.5 Å². The highest BCUT2D eigenvalue weighted by Crippen LogP contribution is 2.40. The van der Waals surface area contributed by atoms with Gasteiger partial charge in [-0.05, 0) is 13.0 Å². The molecule has 0 radical (unpaired) electrons. The number of ether oxygens (including phenoxy) is 1. The average molecular weight is 342 g/mol. The van der Waals surface area contributed by atoms with Gasteiger partial charge in [0.1, 0.15) is 0 Å². The van der Waals surface area contributed by atoms with E-state index >= 15 is 0 Å². The molecule has 122 valence electrons. The van der Waals surface area contributed by atoms with Gasteiger partial charge in [-0.1, -0.05) is 11.6 Å². The lowest BCUT2D eigenvalue weighted by molar-refractivity contribution is -0.385. The number of nitro benzene ring substituents is 1. The fourth-order valence-corrected chi connectivity index (χ4v) is 2.49. The normalized spacial score (nSPS) is 17.3. The SMILES string of the molecule is COC(=O)C1=C(C)NC(=O)N[C@@H]1c1cc(Cl)cc([N+](=O)[O-])c1O. The summed E-state index contributed by atoms with van der Waals surface area (Å²) in [6.45, 7) is 1.47. The summed E-state index contributed by atoms with van der Waals surface area (Å²) in [6, 6.07) is 0.421. The van der Waals surface area contributed by atoms with Crippen molar-refractivity contribution in [1.29, 1.82) is 0 Å². The fourth-order valence-electron chi connectivity index (χ4n) is 2.27. The summed E-state index contributed by atoms with van der Waals surface area (Å²) in [5.41, 5.74) is -0.521. The highest BCUT2D eigenvalue weighted by molar-refractivity contribution is 6.31. The van der Waals surface area contributed by atoms with Crippen LogP contribution in [0.4, 0.5) is 10.5 Å². The molecule has 1 aliphatic rings. The maximum Gasteiger partial charge on any atom is 0.337 e. The van der Waals surface area contributed by atoms with Crippen LogP contribution in [-0.4, -0.2) is 29.1 Å². The zero-order valence-corrected chi connectivity index (χ0v) is 12.8. The molecule has 10 heteroatoms. The van der Waals surface area contributed by atoms with Gasteiger partial charge in [-0.3, -0.25) is 10.1 Å². The molecule has 0 bridgehead atoms. The molecule has 0 aliphatic carbocycles. The highest BCUT2D eigenvalue weighted by Gasteiger charge is 2.35.